The van der Waals surface area contributed by atoms with E-state index in [0.29, 0.717) is 16.9 Å². The fourth-order valence-corrected chi connectivity index (χ4v) is 2.66. The van der Waals surface area contributed by atoms with Crippen LogP contribution in [0.1, 0.15) is 23.2 Å². The molecule has 1 aromatic rings. The van der Waals surface area contributed by atoms with Crippen LogP contribution in [0.3, 0.4) is 0 Å². The topological polar surface area (TPSA) is 41.1 Å². The van der Waals surface area contributed by atoms with Gasteiger partial charge < -0.3 is 10.6 Å². The van der Waals surface area contributed by atoms with Crippen LogP contribution in [-0.4, -0.2) is 25.5 Å². The molecule has 1 aliphatic rings. The normalized spacial score (nSPS) is 19.6. The maximum Gasteiger partial charge on any atom is 0.255 e. The third-order valence-corrected chi connectivity index (χ3v) is 3.80. The van der Waals surface area contributed by atoms with Crippen LogP contribution >= 0.6 is 15.9 Å². The Labute approximate surface area is 114 Å². The van der Waals surface area contributed by atoms with Crippen molar-refractivity contribution in [2.24, 2.45) is 5.92 Å². The summed E-state index contributed by atoms with van der Waals surface area (Å²) in [4.78, 5) is 11.9. The first-order valence-electron chi connectivity index (χ1n) is 6.11. The van der Waals surface area contributed by atoms with E-state index in [-0.39, 0.29) is 11.5 Å². The lowest BCUT2D eigenvalue weighted by atomic mass is 9.99. The standard InChI is InChI=1S/C13H16BrFN2O/c14-10-4-1-5-11(15)12(10)13(18)17-8-9-3-2-6-16-7-9/h1,4-5,9,16H,2-3,6-8H2,(H,17,18). The van der Waals surface area contributed by atoms with Crippen LogP contribution in [0, 0.1) is 11.7 Å². The van der Waals surface area contributed by atoms with Gasteiger partial charge in [0, 0.05) is 11.0 Å². The molecule has 1 aromatic carbocycles. The molecule has 1 heterocycles. The van der Waals surface area contributed by atoms with Gasteiger partial charge in [-0.3, -0.25) is 4.79 Å². The molecule has 1 fully saturated rings. The monoisotopic (exact) mass is 314 g/mol. The number of carbonyl (C=O) groups excluding carboxylic acids is 1. The van der Waals surface area contributed by atoms with E-state index in [1.54, 1.807) is 12.1 Å². The van der Waals surface area contributed by atoms with Gasteiger partial charge in [0.05, 0.1) is 5.56 Å². The molecule has 2 rings (SSSR count). The van der Waals surface area contributed by atoms with Crippen LogP contribution in [0.4, 0.5) is 4.39 Å². The van der Waals surface area contributed by atoms with Crippen molar-refractivity contribution >= 4 is 21.8 Å². The minimum Gasteiger partial charge on any atom is -0.352 e. The molecule has 0 spiro atoms. The third kappa shape index (κ3) is 3.29. The number of piperidine rings is 1. The average Bonchev–Trinajstić information content (AvgIpc) is 2.37. The number of carbonyl (C=O) groups is 1. The van der Waals surface area contributed by atoms with E-state index in [0.717, 1.165) is 25.9 Å². The zero-order chi connectivity index (χ0) is 13.0. The lowest BCUT2D eigenvalue weighted by Gasteiger charge is -2.23. The van der Waals surface area contributed by atoms with Crippen LogP contribution in [0.2, 0.25) is 0 Å². The number of nitrogens with one attached hydrogen (secondary N) is 2. The van der Waals surface area contributed by atoms with Gasteiger partial charge in [-0.25, -0.2) is 4.39 Å². The van der Waals surface area contributed by atoms with Gasteiger partial charge in [-0.05, 0) is 59.9 Å². The molecule has 3 nitrogen and oxygen atoms in total. The van der Waals surface area contributed by atoms with Crippen LogP contribution in [0.25, 0.3) is 0 Å². The average molecular weight is 315 g/mol. The van der Waals surface area contributed by atoms with Crippen molar-refractivity contribution < 1.29 is 9.18 Å². The lowest BCUT2D eigenvalue weighted by Crippen LogP contribution is -2.38. The van der Waals surface area contributed by atoms with Gasteiger partial charge in [-0.15, -0.1) is 0 Å². The quantitative estimate of drug-likeness (QED) is 0.899. The van der Waals surface area contributed by atoms with E-state index in [2.05, 4.69) is 26.6 Å². The number of benzene rings is 1. The molecular weight excluding hydrogens is 299 g/mol. The van der Waals surface area contributed by atoms with Gasteiger partial charge >= 0.3 is 0 Å². The highest BCUT2D eigenvalue weighted by Crippen LogP contribution is 2.19. The zero-order valence-corrected chi connectivity index (χ0v) is 11.6. The van der Waals surface area contributed by atoms with Gasteiger partial charge in [-0.2, -0.15) is 0 Å². The second-order valence-electron chi connectivity index (χ2n) is 4.52. The number of hydrogen-bond donors (Lipinski definition) is 2. The first-order chi connectivity index (χ1) is 8.68. The molecule has 0 bridgehead atoms. The SMILES string of the molecule is O=C(NCC1CCCNC1)c1c(F)cccc1Br. The summed E-state index contributed by atoms with van der Waals surface area (Å²) in [6.45, 7) is 2.55. The Kier molecular flexibility index (Phi) is 4.72. The Morgan fingerprint density at radius 2 is 2.39 bits per heavy atom. The van der Waals surface area contributed by atoms with Gasteiger partial charge in [0.2, 0.25) is 0 Å². The fraction of sp³-hybridized carbons (Fsp3) is 0.462. The van der Waals surface area contributed by atoms with E-state index < -0.39 is 5.82 Å². The molecule has 1 atom stereocenters. The molecule has 98 valence electrons. The first kappa shape index (κ1) is 13.5. The molecule has 1 amide bonds. The molecule has 1 unspecified atom stereocenters. The summed E-state index contributed by atoms with van der Waals surface area (Å²) in [7, 11) is 0. The molecule has 1 aliphatic heterocycles. The molecule has 0 aromatic heterocycles. The Morgan fingerprint density at radius 3 is 3.06 bits per heavy atom. The molecule has 0 aliphatic carbocycles. The second-order valence-corrected chi connectivity index (χ2v) is 5.37. The molecule has 0 radical (unpaired) electrons. The van der Waals surface area contributed by atoms with Crippen molar-refractivity contribution in [1.29, 1.82) is 0 Å². The highest BCUT2D eigenvalue weighted by molar-refractivity contribution is 9.10. The minimum absolute atomic E-state index is 0.0845. The van der Waals surface area contributed by atoms with E-state index in [4.69, 9.17) is 0 Å². The molecule has 18 heavy (non-hydrogen) atoms. The van der Waals surface area contributed by atoms with Gasteiger partial charge in [0.25, 0.3) is 5.91 Å². The number of amides is 1. The Morgan fingerprint density at radius 1 is 1.56 bits per heavy atom. The predicted octanol–water partition coefficient (Wildman–Crippen LogP) is 2.32. The van der Waals surface area contributed by atoms with Crippen molar-refractivity contribution in [3.63, 3.8) is 0 Å². The molecule has 0 saturated carbocycles. The first-order valence-corrected chi connectivity index (χ1v) is 6.90. The van der Waals surface area contributed by atoms with E-state index in [1.807, 2.05) is 0 Å². The summed E-state index contributed by atoms with van der Waals surface area (Å²) in [5.41, 5.74) is 0.0845. The summed E-state index contributed by atoms with van der Waals surface area (Å²) in [5, 5.41) is 6.09. The Bertz CT molecular complexity index is 413. The summed E-state index contributed by atoms with van der Waals surface area (Å²) in [6, 6.07) is 4.53. The molecule has 1 saturated heterocycles. The van der Waals surface area contributed by atoms with Crippen LogP contribution in [0.15, 0.2) is 22.7 Å². The van der Waals surface area contributed by atoms with E-state index >= 15 is 0 Å². The van der Waals surface area contributed by atoms with E-state index in [1.165, 1.54) is 6.07 Å². The van der Waals surface area contributed by atoms with Crippen molar-refractivity contribution in [1.82, 2.24) is 10.6 Å². The largest absolute Gasteiger partial charge is 0.352 e. The number of rotatable bonds is 3. The minimum atomic E-state index is -0.497. The highest BCUT2D eigenvalue weighted by Gasteiger charge is 2.18. The van der Waals surface area contributed by atoms with Crippen molar-refractivity contribution in [3.8, 4) is 0 Å². The maximum atomic E-state index is 13.6. The van der Waals surface area contributed by atoms with Gasteiger partial charge in [0.15, 0.2) is 0 Å². The molecule has 5 heteroatoms. The maximum absolute atomic E-state index is 13.6. The van der Waals surface area contributed by atoms with Crippen molar-refractivity contribution in [2.75, 3.05) is 19.6 Å². The van der Waals surface area contributed by atoms with Gasteiger partial charge in [-0.1, -0.05) is 6.07 Å². The molecule has 2 N–H and O–H groups in total. The Balaban J connectivity index is 1.95. The summed E-state index contributed by atoms with van der Waals surface area (Å²) in [5.74, 6) is -0.414. The Hall–Kier alpha value is -0.940. The summed E-state index contributed by atoms with van der Waals surface area (Å²) >= 11 is 3.20. The number of halogens is 2. The summed E-state index contributed by atoms with van der Waals surface area (Å²) < 4.78 is 14.1. The van der Waals surface area contributed by atoms with E-state index in [9.17, 15) is 9.18 Å². The van der Waals surface area contributed by atoms with Crippen LogP contribution < -0.4 is 10.6 Å². The van der Waals surface area contributed by atoms with Crippen molar-refractivity contribution in [2.45, 2.75) is 12.8 Å². The molecular formula is C13H16BrFN2O. The number of hydrogen-bond acceptors (Lipinski definition) is 2. The summed E-state index contributed by atoms with van der Waals surface area (Å²) in [6.07, 6.45) is 2.23. The third-order valence-electron chi connectivity index (χ3n) is 3.14. The zero-order valence-electron chi connectivity index (χ0n) is 10.0. The lowest BCUT2D eigenvalue weighted by molar-refractivity contribution is 0.0940. The second kappa shape index (κ2) is 6.29. The van der Waals surface area contributed by atoms with Crippen LogP contribution in [0.5, 0.6) is 0 Å². The smallest absolute Gasteiger partial charge is 0.255 e. The highest BCUT2D eigenvalue weighted by atomic mass is 79.9. The predicted molar refractivity (Wildman–Crippen MR) is 72.0 cm³/mol. The van der Waals surface area contributed by atoms with Gasteiger partial charge in [0.1, 0.15) is 5.82 Å². The fourth-order valence-electron chi connectivity index (χ4n) is 2.14. The van der Waals surface area contributed by atoms with Crippen LogP contribution in [-0.2, 0) is 0 Å². The van der Waals surface area contributed by atoms with Crippen molar-refractivity contribution in [3.05, 3.63) is 34.1 Å².